The van der Waals surface area contributed by atoms with Gasteiger partial charge in [-0.3, -0.25) is 4.79 Å². The van der Waals surface area contributed by atoms with E-state index in [1.54, 1.807) is 0 Å². The molecule has 0 spiro atoms. The summed E-state index contributed by atoms with van der Waals surface area (Å²) in [6, 6.07) is 0. The van der Waals surface area contributed by atoms with Crippen molar-refractivity contribution in [2.45, 2.75) is 20.0 Å². The Morgan fingerprint density at radius 3 is 2.22 bits per heavy atom. The van der Waals surface area contributed by atoms with Crippen LogP contribution in [-0.2, 0) is 4.79 Å². The smallest absolute Gasteiger partial charge is 0.361 e. The highest BCUT2D eigenvalue weighted by atomic mass is 16.3. The van der Waals surface area contributed by atoms with Crippen LogP contribution in [0.25, 0.3) is 5.53 Å². The summed E-state index contributed by atoms with van der Waals surface area (Å²) in [5.74, 6) is -0.424. The SMILES string of the molecule is CC(=O)C(=[N+]=[N-])C(C)O. The fourth-order valence-electron chi connectivity index (χ4n) is 0.448. The monoisotopic (exact) mass is 128 g/mol. The normalized spacial score (nSPS) is 11.9. The first kappa shape index (κ1) is 8.01. The summed E-state index contributed by atoms with van der Waals surface area (Å²) in [6.45, 7) is 2.58. The van der Waals surface area contributed by atoms with Gasteiger partial charge in [0.25, 0.3) is 0 Å². The van der Waals surface area contributed by atoms with Crippen molar-refractivity contribution in [1.82, 2.24) is 0 Å². The average molecular weight is 128 g/mol. The molecule has 0 radical (unpaired) electrons. The molecule has 0 bridgehead atoms. The van der Waals surface area contributed by atoms with Gasteiger partial charge >= 0.3 is 5.71 Å². The summed E-state index contributed by atoms with van der Waals surface area (Å²) >= 11 is 0. The minimum Gasteiger partial charge on any atom is -0.381 e. The van der Waals surface area contributed by atoms with Gasteiger partial charge in [0.05, 0.1) is 0 Å². The van der Waals surface area contributed by atoms with Gasteiger partial charge in [0.2, 0.25) is 5.78 Å². The van der Waals surface area contributed by atoms with E-state index in [2.05, 4.69) is 4.79 Å². The van der Waals surface area contributed by atoms with E-state index >= 15 is 0 Å². The zero-order valence-electron chi connectivity index (χ0n) is 5.33. The Hall–Kier alpha value is -0.990. The van der Waals surface area contributed by atoms with E-state index < -0.39 is 11.9 Å². The molecule has 0 aliphatic rings. The number of aliphatic hydroxyl groups excluding tert-OH is 1. The number of carbonyl (C=O) groups excluding carboxylic acids is 1. The van der Waals surface area contributed by atoms with E-state index in [-0.39, 0.29) is 5.71 Å². The van der Waals surface area contributed by atoms with Crippen molar-refractivity contribution in [3.8, 4) is 0 Å². The van der Waals surface area contributed by atoms with Gasteiger partial charge < -0.3 is 10.6 Å². The van der Waals surface area contributed by atoms with E-state index in [9.17, 15) is 4.79 Å². The van der Waals surface area contributed by atoms with Crippen LogP contribution in [0.2, 0.25) is 0 Å². The van der Waals surface area contributed by atoms with E-state index in [1.807, 2.05) is 0 Å². The van der Waals surface area contributed by atoms with Crippen LogP contribution < -0.4 is 0 Å². The van der Waals surface area contributed by atoms with Crippen LogP contribution in [-0.4, -0.2) is 27.5 Å². The maximum Gasteiger partial charge on any atom is 0.361 e. The predicted octanol–water partition coefficient (Wildman–Crippen LogP) is -0.373. The van der Waals surface area contributed by atoms with Gasteiger partial charge in [0, 0.05) is 6.92 Å². The average Bonchev–Trinajstić information content (AvgIpc) is 1.64. The van der Waals surface area contributed by atoms with Gasteiger partial charge in [0.15, 0.2) is 6.10 Å². The van der Waals surface area contributed by atoms with Crippen LogP contribution >= 0.6 is 0 Å². The molecule has 0 aromatic rings. The summed E-state index contributed by atoms with van der Waals surface area (Å²) in [5.41, 5.74) is 7.86. The summed E-state index contributed by atoms with van der Waals surface area (Å²) in [7, 11) is 0. The Morgan fingerprint density at radius 1 is 1.78 bits per heavy atom. The molecular weight excluding hydrogens is 120 g/mol. The van der Waals surface area contributed by atoms with Crippen molar-refractivity contribution in [1.29, 1.82) is 0 Å². The van der Waals surface area contributed by atoms with Gasteiger partial charge in [-0.1, -0.05) is 0 Å². The number of hydrogen-bond donors (Lipinski definition) is 1. The second-order valence-corrected chi connectivity index (χ2v) is 1.72. The van der Waals surface area contributed by atoms with Crippen molar-refractivity contribution in [3.05, 3.63) is 5.53 Å². The first-order valence-electron chi connectivity index (χ1n) is 2.50. The Balaban J connectivity index is 4.38. The van der Waals surface area contributed by atoms with Gasteiger partial charge in [0.1, 0.15) is 0 Å². The van der Waals surface area contributed by atoms with Gasteiger partial charge in [-0.2, -0.15) is 4.79 Å². The van der Waals surface area contributed by atoms with Crippen molar-refractivity contribution in [2.24, 2.45) is 0 Å². The lowest BCUT2D eigenvalue weighted by atomic mass is 10.2. The van der Waals surface area contributed by atoms with Crippen molar-refractivity contribution in [2.75, 3.05) is 0 Å². The number of Topliss-reactive ketones (excluding diaryl/α,β-unsaturated/α-hetero) is 1. The molecule has 0 amide bonds. The van der Waals surface area contributed by atoms with E-state index in [0.29, 0.717) is 0 Å². The Kier molecular flexibility index (Phi) is 2.78. The number of hydrogen-bond acceptors (Lipinski definition) is 2. The summed E-state index contributed by atoms with van der Waals surface area (Å²) < 4.78 is 0. The second kappa shape index (κ2) is 3.12. The van der Waals surface area contributed by atoms with Crippen LogP contribution in [0.5, 0.6) is 0 Å². The molecule has 1 unspecified atom stereocenters. The molecule has 0 aliphatic carbocycles. The molecule has 0 aromatic heterocycles. The van der Waals surface area contributed by atoms with E-state index in [0.717, 1.165) is 0 Å². The topological polar surface area (TPSA) is 73.7 Å². The maximum absolute atomic E-state index is 10.4. The molecule has 0 saturated heterocycles. The molecule has 50 valence electrons. The number of nitrogens with zero attached hydrogens (tertiary/aromatic N) is 2. The van der Waals surface area contributed by atoms with Crippen LogP contribution in [0.4, 0.5) is 0 Å². The molecule has 0 aromatic carbocycles. The molecule has 4 nitrogen and oxygen atoms in total. The standard InChI is InChI=1S/C5H8N2O2/c1-3(8)5(7-6)4(2)9/h3,8H,1-2H3. The number of aliphatic hydroxyl groups is 1. The fraction of sp³-hybridized carbons (Fsp3) is 0.600. The first-order chi connectivity index (χ1) is 4.09. The molecule has 1 N–H and O–H groups in total. The third-order valence-corrected chi connectivity index (χ3v) is 0.864. The number of rotatable bonds is 2. The first-order valence-corrected chi connectivity index (χ1v) is 2.50. The lowest BCUT2D eigenvalue weighted by Crippen LogP contribution is -2.24. The van der Waals surface area contributed by atoms with Gasteiger partial charge in [-0.05, 0) is 6.92 Å². The minimum atomic E-state index is -0.993. The minimum absolute atomic E-state index is 0.213. The van der Waals surface area contributed by atoms with E-state index in [1.165, 1.54) is 13.8 Å². The second-order valence-electron chi connectivity index (χ2n) is 1.72. The summed E-state index contributed by atoms with van der Waals surface area (Å²) in [4.78, 5) is 13.0. The molecule has 0 heterocycles. The van der Waals surface area contributed by atoms with Crippen LogP contribution in [0, 0.1) is 0 Å². The van der Waals surface area contributed by atoms with Crippen molar-refractivity contribution in [3.63, 3.8) is 0 Å². The maximum atomic E-state index is 10.4. The third kappa shape index (κ3) is 2.17. The van der Waals surface area contributed by atoms with Crippen molar-refractivity contribution >= 4 is 11.5 Å². The number of carbonyl (C=O) groups is 1. The van der Waals surface area contributed by atoms with Crippen LogP contribution in [0.15, 0.2) is 0 Å². The summed E-state index contributed by atoms with van der Waals surface area (Å²) in [6.07, 6.45) is -0.993. The molecule has 0 fully saturated rings. The molecular formula is C5H8N2O2. The van der Waals surface area contributed by atoms with E-state index in [4.69, 9.17) is 10.6 Å². The molecule has 1 atom stereocenters. The zero-order valence-corrected chi connectivity index (χ0v) is 5.33. The zero-order chi connectivity index (χ0) is 7.44. The molecule has 0 rings (SSSR count). The van der Waals surface area contributed by atoms with Crippen LogP contribution in [0.3, 0.4) is 0 Å². The highest BCUT2D eigenvalue weighted by Gasteiger charge is 2.20. The largest absolute Gasteiger partial charge is 0.381 e. The Bertz CT molecular complexity index is 168. The highest BCUT2D eigenvalue weighted by Crippen LogP contribution is 1.83. The molecule has 9 heavy (non-hydrogen) atoms. The molecule has 4 heteroatoms. The van der Waals surface area contributed by atoms with Gasteiger partial charge in [-0.15, -0.1) is 0 Å². The number of ketones is 1. The lowest BCUT2D eigenvalue weighted by molar-refractivity contribution is -0.116. The van der Waals surface area contributed by atoms with Gasteiger partial charge in [-0.25, -0.2) is 0 Å². The fourth-order valence-corrected chi connectivity index (χ4v) is 0.448. The molecule has 0 aliphatic heterocycles. The lowest BCUT2D eigenvalue weighted by Gasteiger charge is -1.90. The quantitative estimate of drug-likeness (QED) is 0.313. The highest BCUT2D eigenvalue weighted by molar-refractivity contribution is 6.38. The summed E-state index contributed by atoms with van der Waals surface area (Å²) in [5, 5.41) is 8.67. The predicted molar refractivity (Wildman–Crippen MR) is 31.0 cm³/mol. The Morgan fingerprint density at radius 2 is 2.22 bits per heavy atom. The Labute approximate surface area is 52.7 Å². The van der Waals surface area contributed by atoms with Crippen molar-refractivity contribution < 1.29 is 14.7 Å². The third-order valence-electron chi connectivity index (χ3n) is 0.864. The molecule has 0 saturated carbocycles. The van der Waals surface area contributed by atoms with Crippen LogP contribution in [0.1, 0.15) is 13.8 Å².